The second-order valence-corrected chi connectivity index (χ2v) is 7.57. The largest absolute Gasteiger partial charge is 0.353 e. The lowest BCUT2D eigenvalue weighted by Crippen LogP contribution is -2.35. The van der Waals surface area contributed by atoms with Crippen LogP contribution in [-0.4, -0.2) is 38.2 Å². The summed E-state index contributed by atoms with van der Waals surface area (Å²) in [6, 6.07) is 6.77. The third-order valence-electron chi connectivity index (χ3n) is 4.86. The summed E-state index contributed by atoms with van der Waals surface area (Å²) in [6.45, 7) is 3.79. The topological polar surface area (TPSA) is 84.5 Å². The molecule has 4 rings (SSSR count). The number of hydrogen-bond acceptors (Lipinski definition) is 5. The average molecular weight is 401 g/mol. The number of carbonyl (C=O) groups excluding carboxylic acids is 1. The highest BCUT2D eigenvalue weighted by atomic mass is 35.5. The van der Waals surface area contributed by atoms with Gasteiger partial charge in [0.2, 0.25) is 11.6 Å². The molecule has 1 aliphatic heterocycles. The molecule has 9 heteroatoms. The molecule has 0 bridgehead atoms. The number of rotatable bonds is 4. The SMILES string of the molecule is C[C@H]1CCCN(c2nccn3c(=O)n(CC(=O)Nc4ccc(Cl)cc4)nc23)C1. The summed E-state index contributed by atoms with van der Waals surface area (Å²) >= 11 is 5.85. The van der Waals surface area contributed by atoms with Gasteiger partial charge in [-0.2, -0.15) is 0 Å². The van der Waals surface area contributed by atoms with Crippen molar-refractivity contribution in [3.63, 3.8) is 0 Å². The molecule has 1 atom stereocenters. The van der Waals surface area contributed by atoms with Crippen LogP contribution < -0.4 is 15.9 Å². The van der Waals surface area contributed by atoms with Gasteiger partial charge in [-0.15, -0.1) is 5.10 Å². The molecule has 28 heavy (non-hydrogen) atoms. The minimum atomic E-state index is -0.366. The molecule has 1 N–H and O–H groups in total. The molecule has 1 saturated heterocycles. The molecule has 0 unspecified atom stereocenters. The average Bonchev–Trinajstić information content (AvgIpc) is 2.99. The predicted octanol–water partition coefficient (Wildman–Crippen LogP) is 2.42. The van der Waals surface area contributed by atoms with E-state index in [-0.39, 0.29) is 18.1 Å². The molecule has 3 heterocycles. The molecule has 3 aromatic rings. The smallest absolute Gasteiger partial charge is 0.350 e. The van der Waals surface area contributed by atoms with Crippen LogP contribution in [0.15, 0.2) is 41.5 Å². The van der Waals surface area contributed by atoms with Crippen molar-refractivity contribution in [1.82, 2.24) is 19.2 Å². The van der Waals surface area contributed by atoms with Crippen molar-refractivity contribution >= 4 is 34.7 Å². The number of anilines is 2. The van der Waals surface area contributed by atoms with Crippen LogP contribution in [0.4, 0.5) is 11.5 Å². The molecular weight excluding hydrogens is 380 g/mol. The zero-order chi connectivity index (χ0) is 19.7. The van der Waals surface area contributed by atoms with Gasteiger partial charge in [0.05, 0.1) is 0 Å². The predicted molar refractivity (Wildman–Crippen MR) is 108 cm³/mol. The monoisotopic (exact) mass is 400 g/mol. The quantitative estimate of drug-likeness (QED) is 0.727. The number of carbonyl (C=O) groups is 1. The maximum Gasteiger partial charge on any atom is 0.350 e. The van der Waals surface area contributed by atoms with Crippen LogP contribution in [0, 0.1) is 5.92 Å². The minimum absolute atomic E-state index is 0.182. The first-order valence-electron chi connectivity index (χ1n) is 9.26. The van der Waals surface area contributed by atoms with Crippen LogP contribution in [0.25, 0.3) is 5.65 Å². The van der Waals surface area contributed by atoms with E-state index >= 15 is 0 Å². The van der Waals surface area contributed by atoms with Crippen molar-refractivity contribution in [1.29, 1.82) is 0 Å². The van der Waals surface area contributed by atoms with Crippen molar-refractivity contribution in [2.24, 2.45) is 5.92 Å². The van der Waals surface area contributed by atoms with E-state index < -0.39 is 0 Å². The standard InChI is InChI=1S/C19H21ClN6O2/c1-13-3-2-9-24(11-13)17-18-23-26(19(28)25(18)10-8-21-17)12-16(27)22-15-6-4-14(20)5-7-15/h4-8,10,13H,2-3,9,11-12H2,1H3,(H,22,27)/t13-/m0/s1. The van der Waals surface area contributed by atoms with Crippen LogP contribution in [0.2, 0.25) is 5.02 Å². The van der Waals surface area contributed by atoms with Crippen molar-refractivity contribution in [2.75, 3.05) is 23.3 Å². The van der Waals surface area contributed by atoms with E-state index in [4.69, 9.17) is 11.6 Å². The minimum Gasteiger partial charge on any atom is -0.353 e. The van der Waals surface area contributed by atoms with Crippen LogP contribution in [0.5, 0.6) is 0 Å². The number of halogens is 1. The second kappa shape index (κ2) is 7.63. The summed E-state index contributed by atoms with van der Waals surface area (Å²) in [4.78, 5) is 31.6. The summed E-state index contributed by atoms with van der Waals surface area (Å²) < 4.78 is 2.61. The third kappa shape index (κ3) is 3.73. The molecule has 0 aliphatic carbocycles. The second-order valence-electron chi connectivity index (χ2n) is 7.13. The van der Waals surface area contributed by atoms with Crippen LogP contribution in [-0.2, 0) is 11.3 Å². The van der Waals surface area contributed by atoms with E-state index in [0.29, 0.717) is 28.1 Å². The molecule has 1 aliphatic rings. The molecular formula is C19H21ClN6O2. The van der Waals surface area contributed by atoms with Crippen molar-refractivity contribution in [3.05, 3.63) is 52.2 Å². The zero-order valence-corrected chi connectivity index (χ0v) is 16.3. The number of fused-ring (bicyclic) bond motifs is 1. The Morgan fingerprint density at radius 1 is 1.32 bits per heavy atom. The van der Waals surface area contributed by atoms with Gasteiger partial charge in [0.25, 0.3) is 0 Å². The summed E-state index contributed by atoms with van der Waals surface area (Å²) in [5, 5.41) is 7.71. The maximum atomic E-state index is 12.7. The normalized spacial score (nSPS) is 17.1. The number of nitrogens with zero attached hydrogens (tertiary/aromatic N) is 5. The number of hydrogen-bond donors (Lipinski definition) is 1. The number of benzene rings is 1. The summed E-state index contributed by atoms with van der Waals surface area (Å²) in [5.41, 5.74) is 0.715. The van der Waals surface area contributed by atoms with E-state index in [1.807, 2.05) is 0 Å². The lowest BCUT2D eigenvalue weighted by molar-refractivity contribution is -0.117. The van der Waals surface area contributed by atoms with Gasteiger partial charge in [-0.1, -0.05) is 18.5 Å². The highest BCUT2D eigenvalue weighted by Crippen LogP contribution is 2.23. The zero-order valence-electron chi connectivity index (χ0n) is 15.5. The van der Waals surface area contributed by atoms with Gasteiger partial charge in [-0.3, -0.25) is 4.79 Å². The third-order valence-corrected chi connectivity index (χ3v) is 5.11. The van der Waals surface area contributed by atoms with Crippen molar-refractivity contribution in [2.45, 2.75) is 26.3 Å². The first kappa shape index (κ1) is 18.5. The van der Waals surface area contributed by atoms with E-state index in [9.17, 15) is 9.59 Å². The van der Waals surface area contributed by atoms with Crippen molar-refractivity contribution < 1.29 is 4.79 Å². The van der Waals surface area contributed by atoms with Gasteiger partial charge < -0.3 is 10.2 Å². The Bertz CT molecular complexity index is 1060. The Kier molecular flexibility index (Phi) is 5.04. The fraction of sp³-hybridized carbons (Fsp3) is 0.368. The first-order chi connectivity index (χ1) is 13.5. The Hall–Kier alpha value is -2.87. The molecule has 1 aromatic carbocycles. The van der Waals surface area contributed by atoms with Crippen LogP contribution in [0.1, 0.15) is 19.8 Å². The van der Waals surface area contributed by atoms with Crippen molar-refractivity contribution in [3.8, 4) is 0 Å². The van der Waals surface area contributed by atoms with Gasteiger partial charge in [-0.25, -0.2) is 18.9 Å². The lowest BCUT2D eigenvalue weighted by Gasteiger charge is -2.31. The number of piperidine rings is 1. The van der Waals surface area contributed by atoms with Crippen LogP contribution in [0.3, 0.4) is 0 Å². The summed E-state index contributed by atoms with van der Waals surface area (Å²) in [7, 11) is 0. The molecule has 1 fully saturated rings. The Labute approximate surface area is 166 Å². The maximum absolute atomic E-state index is 12.7. The van der Waals surface area contributed by atoms with Gasteiger partial charge in [0.15, 0.2) is 5.82 Å². The van der Waals surface area contributed by atoms with Gasteiger partial charge in [0, 0.05) is 36.2 Å². The lowest BCUT2D eigenvalue weighted by atomic mass is 10.0. The Balaban J connectivity index is 1.59. The van der Waals surface area contributed by atoms with E-state index in [1.165, 1.54) is 15.5 Å². The number of amides is 1. The van der Waals surface area contributed by atoms with E-state index in [0.717, 1.165) is 19.5 Å². The van der Waals surface area contributed by atoms with E-state index in [1.54, 1.807) is 36.7 Å². The Morgan fingerprint density at radius 2 is 2.11 bits per heavy atom. The fourth-order valence-corrected chi connectivity index (χ4v) is 3.64. The van der Waals surface area contributed by atoms with Crippen LogP contribution >= 0.6 is 11.6 Å². The number of aromatic nitrogens is 4. The highest BCUT2D eigenvalue weighted by molar-refractivity contribution is 6.30. The highest BCUT2D eigenvalue weighted by Gasteiger charge is 2.22. The fourth-order valence-electron chi connectivity index (χ4n) is 3.51. The first-order valence-corrected chi connectivity index (χ1v) is 9.63. The molecule has 0 saturated carbocycles. The van der Waals surface area contributed by atoms with E-state index in [2.05, 4.69) is 27.2 Å². The molecule has 0 radical (unpaired) electrons. The Morgan fingerprint density at radius 3 is 2.86 bits per heavy atom. The molecule has 8 nitrogen and oxygen atoms in total. The summed E-state index contributed by atoms with van der Waals surface area (Å²) in [6.07, 6.45) is 5.45. The van der Waals surface area contributed by atoms with Gasteiger partial charge >= 0.3 is 5.69 Å². The number of nitrogens with one attached hydrogen (secondary N) is 1. The molecule has 2 aromatic heterocycles. The van der Waals surface area contributed by atoms with Gasteiger partial charge in [0.1, 0.15) is 6.54 Å². The molecule has 0 spiro atoms. The van der Waals surface area contributed by atoms with Gasteiger partial charge in [-0.05, 0) is 43.0 Å². The molecule has 146 valence electrons. The summed E-state index contributed by atoms with van der Waals surface area (Å²) in [5.74, 6) is 0.909. The molecule has 1 amide bonds.